The molecule has 0 spiro atoms. The minimum atomic E-state index is -0.161. The number of carbonyl (C=O) groups excluding carboxylic acids is 1. The summed E-state index contributed by atoms with van der Waals surface area (Å²) < 4.78 is 1.79. The summed E-state index contributed by atoms with van der Waals surface area (Å²) in [5.41, 5.74) is 1.63. The summed E-state index contributed by atoms with van der Waals surface area (Å²) in [4.78, 5) is 16.3. The number of anilines is 1. The van der Waals surface area contributed by atoms with Gasteiger partial charge in [0.1, 0.15) is 5.82 Å². The predicted octanol–water partition coefficient (Wildman–Crippen LogP) is 4.22. The lowest BCUT2D eigenvalue weighted by molar-refractivity contribution is -0.113. The molecule has 0 aliphatic carbocycles. The van der Waals surface area contributed by atoms with E-state index in [4.69, 9.17) is 23.2 Å². The zero-order valence-corrected chi connectivity index (χ0v) is 16.4. The average molecular weight is 408 g/mol. The van der Waals surface area contributed by atoms with Gasteiger partial charge in [-0.05, 0) is 36.8 Å². The summed E-state index contributed by atoms with van der Waals surface area (Å²) >= 11 is 13.5. The standard InChI is InChI=1S/C17H15Cl2N5OS/c1-10-4-3-7-20-15(10)21-14(25)9-26-17-23-22-16(24(17)2)12-6-5-11(18)8-13(12)19/h3-8H,9H2,1-2H3,(H,20,21,25). The molecule has 0 saturated heterocycles. The van der Waals surface area contributed by atoms with Crippen molar-refractivity contribution in [1.29, 1.82) is 0 Å². The fourth-order valence-corrected chi connectivity index (χ4v) is 3.46. The van der Waals surface area contributed by atoms with Crippen LogP contribution in [0.15, 0.2) is 41.7 Å². The van der Waals surface area contributed by atoms with Crippen LogP contribution in [0.3, 0.4) is 0 Å². The number of aromatic nitrogens is 4. The lowest BCUT2D eigenvalue weighted by Crippen LogP contribution is -2.16. The van der Waals surface area contributed by atoms with E-state index in [0.29, 0.717) is 26.8 Å². The normalized spacial score (nSPS) is 10.8. The molecule has 134 valence electrons. The molecule has 0 bridgehead atoms. The van der Waals surface area contributed by atoms with Crippen LogP contribution in [0, 0.1) is 6.92 Å². The van der Waals surface area contributed by atoms with Gasteiger partial charge in [-0.1, -0.05) is 41.0 Å². The number of halogens is 2. The molecule has 0 atom stereocenters. The van der Waals surface area contributed by atoms with Crippen molar-refractivity contribution in [3.05, 3.63) is 52.1 Å². The van der Waals surface area contributed by atoms with E-state index >= 15 is 0 Å². The highest BCUT2D eigenvalue weighted by molar-refractivity contribution is 7.99. The monoisotopic (exact) mass is 407 g/mol. The van der Waals surface area contributed by atoms with Crippen LogP contribution in [-0.4, -0.2) is 31.4 Å². The zero-order chi connectivity index (χ0) is 18.7. The molecule has 1 amide bonds. The zero-order valence-electron chi connectivity index (χ0n) is 14.0. The molecule has 3 rings (SSSR count). The number of aryl methyl sites for hydroxylation is 1. The summed E-state index contributed by atoms with van der Waals surface area (Å²) in [5, 5.41) is 12.8. The van der Waals surface area contributed by atoms with Crippen molar-refractivity contribution in [2.45, 2.75) is 12.1 Å². The maximum absolute atomic E-state index is 12.2. The third-order valence-corrected chi connectivity index (χ3v) is 5.17. The van der Waals surface area contributed by atoms with E-state index in [-0.39, 0.29) is 11.7 Å². The van der Waals surface area contributed by atoms with Crippen LogP contribution in [0.2, 0.25) is 10.0 Å². The van der Waals surface area contributed by atoms with Crippen LogP contribution in [0.5, 0.6) is 0 Å². The molecule has 0 unspecified atom stereocenters. The van der Waals surface area contributed by atoms with Crippen molar-refractivity contribution < 1.29 is 4.79 Å². The molecule has 3 aromatic rings. The van der Waals surface area contributed by atoms with Crippen molar-refractivity contribution in [3.8, 4) is 11.4 Å². The third kappa shape index (κ3) is 4.17. The first kappa shape index (κ1) is 18.7. The van der Waals surface area contributed by atoms with E-state index < -0.39 is 0 Å². The maximum atomic E-state index is 12.2. The highest BCUT2D eigenvalue weighted by atomic mass is 35.5. The molecule has 0 aliphatic heterocycles. The van der Waals surface area contributed by atoms with Gasteiger partial charge < -0.3 is 9.88 Å². The number of carbonyl (C=O) groups is 1. The SMILES string of the molecule is Cc1cccnc1NC(=O)CSc1nnc(-c2ccc(Cl)cc2Cl)n1C. The first-order chi connectivity index (χ1) is 12.5. The number of hydrogen-bond acceptors (Lipinski definition) is 5. The minimum absolute atomic E-state index is 0.161. The van der Waals surface area contributed by atoms with Crippen molar-refractivity contribution in [1.82, 2.24) is 19.7 Å². The van der Waals surface area contributed by atoms with E-state index in [2.05, 4.69) is 20.5 Å². The molecule has 2 heterocycles. The number of thioether (sulfide) groups is 1. The second-order valence-corrected chi connectivity index (χ2v) is 7.28. The van der Waals surface area contributed by atoms with E-state index in [1.54, 1.807) is 29.0 Å². The van der Waals surface area contributed by atoms with Gasteiger partial charge in [0.2, 0.25) is 5.91 Å². The smallest absolute Gasteiger partial charge is 0.236 e. The summed E-state index contributed by atoms with van der Waals surface area (Å²) in [6.07, 6.45) is 1.64. The molecule has 26 heavy (non-hydrogen) atoms. The topological polar surface area (TPSA) is 72.7 Å². The van der Waals surface area contributed by atoms with E-state index in [0.717, 1.165) is 11.1 Å². The van der Waals surface area contributed by atoms with Crippen LogP contribution >= 0.6 is 35.0 Å². The minimum Gasteiger partial charge on any atom is -0.310 e. The molecular weight excluding hydrogens is 393 g/mol. The second-order valence-electron chi connectivity index (χ2n) is 5.50. The van der Waals surface area contributed by atoms with Gasteiger partial charge in [-0.25, -0.2) is 4.98 Å². The molecule has 9 heteroatoms. The Morgan fingerprint density at radius 2 is 2.08 bits per heavy atom. The average Bonchev–Trinajstić information content (AvgIpc) is 2.96. The van der Waals surface area contributed by atoms with Crippen molar-refractivity contribution in [2.75, 3.05) is 11.1 Å². The van der Waals surface area contributed by atoms with Gasteiger partial charge in [-0.2, -0.15) is 0 Å². The number of nitrogens with one attached hydrogen (secondary N) is 1. The molecular formula is C17H15Cl2N5OS. The number of pyridine rings is 1. The molecule has 0 radical (unpaired) electrons. The Hall–Kier alpha value is -2.09. The Bertz CT molecular complexity index is 960. The fraction of sp³-hybridized carbons (Fsp3) is 0.176. The van der Waals surface area contributed by atoms with Crippen LogP contribution in [-0.2, 0) is 11.8 Å². The number of amides is 1. The van der Waals surface area contributed by atoms with Gasteiger partial charge in [0, 0.05) is 23.8 Å². The van der Waals surface area contributed by atoms with E-state index in [9.17, 15) is 4.79 Å². The highest BCUT2D eigenvalue weighted by Gasteiger charge is 2.15. The summed E-state index contributed by atoms with van der Waals surface area (Å²) in [7, 11) is 1.82. The van der Waals surface area contributed by atoms with Gasteiger partial charge in [0.05, 0.1) is 10.8 Å². The molecule has 2 aromatic heterocycles. The van der Waals surface area contributed by atoms with Crippen LogP contribution in [0.1, 0.15) is 5.56 Å². The molecule has 0 fully saturated rings. The van der Waals surface area contributed by atoms with Crippen LogP contribution in [0.25, 0.3) is 11.4 Å². The van der Waals surface area contributed by atoms with E-state index in [1.165, 1.54) is 11.8 Å². The number of rotatable bonds is 5. The Morgan fingerprint density at radius 3 is 2.81 bits per heavy atom. The van der Waals surface area contributed by atoms with Crippen molar-refractivity contribution in [2.24, 2.45) is 7.05 Å². The Kier molecular flexibility index (Phi) is 5.80. The molecule has 0 aliphatic rings. The fourth-order valence-electron chi connectivity index (χ4n) is 2.26. The molecule has 1 N–H and O–H groups in total. The maximum Gasteiger partial charge on any atom is 0.236 e. The quantitative estimate of drug-likeness (QED) is 0.640. The lowest BCUT2D eigenvalue weighted by Gasteiger charge is -2.07. The second kappa shape index (κ2) is 8.07. The van der Waals surface area contributed by atoms with Crippen LogP contribution < -0.4 is 5.32 Å². The van der Waals surface area contributed by atoms with Gasteiger partial charge in [0.25, 0.3) is 0 Å². The first-order valence-electron chi connectivity index (χ1n) is 7.65. The summed E-state index contributed by atoms with van der Waals surface area (Å²) in [6.45, 7) is 1.89. The Balaban J connectivity index is 1.69. The highest BCUT2D eigenvalue weighted by Crippen LogP contribution is 2.30. The number of nitrogens with zero attached hydrogens (tertiary/aromatic N) is 4. The number of hydrogen-bond donors (Lipinski definition) is 1. The largest absolute Gasteiger partial charge is 0.310 e. The van der Waals surface area contributed by atoms with Gasteiger partial charge >= 0.3 is 0 Å². The number of benzene rings is 1. The molecule has 0 saturated carbocycles. The summed E-state index contributed by atoms with van der Waals surface area (Å²) in [5.74, 6) is 1.20. The van der Waals surface area contributed by atoms with Crippen molar-refractivity contribution >= 4 is 46.7 Å². The molecule has 1 aromatic carbocycles. The van der Waals surface area contributed by atoms with Gasteiger partial charge in [0.15, 0.2) is 11.0 Å². The van der Waals surface area contributed by atoms with Crippen LogP contribution in [0.4, 0.5) is 5.82 Å². The predicted molar refractivity (Wildman–Crippen MR) is 105 cm³/mol. The van der Waals surface area contributed by atoms with Gasteiger partial charge in [-0.15, -0.1) is 10.2 Å². The lowest BCUT2D eigenvalue weighted by atomic mass is 10.2. The third-order valence-electron chi connectivity index (χ3n) is 3.61. The Labute approximate surface area is 164 Å². The Morgan fingerprint density at radius 1 is 1.27 bits per heavy atom. The van der Waals surface area contributed by atoms with Crippen molar-refractivity contribution in [3.63, 3.8) is 0 Å². The molecule has 6 nitrogen and oxygen atoms in total. The van der Waals surface area contributed by atoms with E-state index in [1.807, 2.05) is 26.1 Å². The first-order valence-corrected chi connectivity index (χ1v) is 9.39. The summed E-state index contributed by atoms with van der Waals surface area (Å²) in [6, 6.07) is 8.90. The van der Waals surface area contributed by atoms with Gasteiger partial charge in [-0.3, -0.25) is 4.79 Å².